The summed E-state index contributed by atoms with van der Waals surface area (Å²) >= 11 is 0. The molecule has 0 spiro atoms. The third-order valence-corrected chi connectivity index (χ3v) is 5.24. The number of hydrogen-bond acceptors (Lipinski definition) is 8. The number of amides is 1. The van der Waals surface area contributed by atoms with E-state index in [1.54, 1.807) is 14.2 Å². The lowest BCUT2D eigenvalue weighted by atomic mass is 10.0. The fourth-order valence-electron chi connectivity index (χ4n) is 3.79. The minimum atomic E-state index is -0.528. The maximum Gasteiger partial charge on any atom is 0.251 e. The van der Waals surface area contributed by atoms with E-state index in [0.29, 0.717) is 13.0 Å². The Labute approximate surface area is 158 Å². The molecule has 9 nitrogen and oxygen atoms in total. The van der Waals surface area contributed by atoms with Crippen LogP contribution in [0.1, 0.15) is 41.7 Å². The van der Waals surface area contributed by atoms with Crippen molar-refractivity contribution in [3.8, 4) is 0 Å². The van der Waals surface area contributed by atoms with Crippen molar-refractivity contribution in [3.63, 3.8) is 0 Å². The molecule has 1 aromatic rings. The first-order valence-electron chi connectivity index (χ1n) is 9.21. The number of ether oxygens (including phenoxy) is 2. The van der Waals surface area contributed by atoms with E-state index in [1.807, 2.05) is 0 Å². The minimum absolute atomic E-state index is 0.00808. The first kappa shape index (κ1) is 18.8. The zero-order valence-electron chi connectivity index (χ0n) is 15.5. The average Bonchev–Trinajstić information content (AvgIpc) is 3.41. The number of rotatable bonds is 6. The molecule has 1 aromatic carbocycles. The number of benzene rings is 1. The van der Waals surface area contributed by atoms with Gasteiger partial charge in [-0.3, -0.25) is 19.8 Å². The third-order valence-electron chi connectivity index (χ3n) is 5.24. The molecule has 2 saturated heterocycles. The van der Waals surface area contributed by atoms with Gasteiger partial charge < -0.3 is 14.8 Å². The summed E-state index contributed by atoms with van der Waals surface area (Å²) in [6.07, 6.45) is 1.29. The van der Waals surface area contributed by atoms with Gasteiger partial charge in [0.2, 0.25) is 0 Å². The molecule has 0 saturated carbocycles. The number of methoxy groups -OCH3 is 2. The van der Waals surface area contributed by atoms with E-state index in [1.165, 1.54) is 5.56 Å². The van der Waals surface area contributed by atoms with Gasteiger partial charge in [0.15, 0.2) is 12.3 Å². The Morgan fingerprint density at radius 2 is 2.19 bits per heavy atom. The predicted octanol–water partition coefficient (Wildman–Crippen LogP) is 0.152. The lowest BCUT2D eigenvalue weighted by molar-refractivity contribution is -0.134. The van der Waals surface area contributed by atoms with Crippen molar-refractivity contribution >= 4 is 5.91 Å². The first-order valence-corrected chi connectivity index (χ1v) is 9.21. The maximum absolute atomic E-state index is 12.5. The Kier molecular flexibility index (Phi) is 5.69. The van der Waals surface area contributed by atoms with E-state index in [0.717, 1.165) is 24.0 Å². The molecular formula is C18H26N4O5. The Hall–Kier alpha value is -1.59. The number of carbonyl (C=O) groups is 1. The van der Waals surface area contributed by atoms with Crippen molar-refractivity contribution in [1.29, 1.82) is 0 Å². The Morgan fingerprint density at radius 3 is 2.96 bits per heavy atom. The van der Waals surface area contributed by atoms with E-state index in [9.17, 15) is 4.79 Å². The summed E-state index contributed by atoms with van der Waals surface area (Å²) < 4.78 is 10.3. The number of carbonyl (C=O) groups excluding carboxylic acids is 1. The largest absolute Gasteiger partial charge is 0.380 e. The van der Waals surface area contributed by atoms with Crippen LogP contribution in [0, 0.1) is 0 Å². The number of fused-ring (bicyclic) bond motifs is 1. The summed E-state index contributed by atoms with van der Waals surface area (Å²) in [5.74, 6) is -0.112. The Morgan fingerprint density at radius 1 is 1.30 bits per heavy atom. The highest BCUT2D eigenvalue weighted by Gasteiger charge is 2.34. The molecule has 0 aromatic heterocycles. The van der Waals surface area contributed by atoms with Crippen molar-refractivity contribution in [2.45, 2.75) is 50.0 Å². The van der Waals surface area contributed by atoms with E-state index in [-0.39, 0.29) is 30.6 Å². The van der Waals surface area contributed by atoms with E-state index < -0.39 is 6.10 Å². The second-order valence-electron chi connectivity index (χ2n) is 7.02. The molecule has 4 rings (SSSR count). The van der Waals surface area contributed by atoms with Crippen LogP contribution in [0.3, 0.4) is 0 Å². The SMILES string of the molecule is COCC1NC(c2ccc3c(c2)CC[C@H]3NC(=O)C2CC(OC)NO2)NO1. The number of aryl methyl sites for hydroxylation is 1. The molecule has 9 heteroatoms. The van der Waals surface area contributed by atoms with Crippen LogP contribution in [-0.4, -0.2) is 45.3 Å². The van der Waals surface area contributed by atoms with Gasteiger partial charge in [-0.15, -0.1) is 0 Å². The van der Waals surface area contributed by atoms with Crippen LogP contribution in [0.5, 0.6) is 0 Å². The lowest BCUT2D eigenvalue weighted by Crippen LogP contribution is -2.36. The van der Waals surface area contributed by atoms with Gasteiger partial charge in [-0.2, -0.15) is 11.0 Å². The molecule has 2 heterocycles. The van der Waals surface area contributed by atoms with Crippen LogP contribution < -0.4 is 21.6 Å². The van der Waals surface area contributed by atoms with E-state index in [4.69, 9.17) is 19.1 Å². The second-order valence-corrected chi connectivity index (χ2v) is 7.02. The molecule has 2 fully saturated rings. The van der Waals surface area contributed by atoms with Gasteiger partial charge in [0.1, 0.15) is 12.4 Å². The lowest BCUT2D eigenvalue weighted by Gasteiger charge is -2.17. The topological polar surface area (TPSA) is 102 Å². The highest BCUT2D eigenvalue weighted by Crippen LogP contribution is 2.33. The van der Waals surface area contributed by atoms with Crippen LogP contribution >= 0.6 is 0 Å². The van der Waals surface area contributed by atoms with Gasteiger partial charge in [-0.1, -0.05) is 18.2 Å². The van der Waals surface area contributed by atoms with Gasteiger partial charge in [-0.25, -0.2) is 0 Å². The molecular weight excluding hydrogens is 352 g/mol. The molecule has 1 aliphatic carbocycles. The summed E-state index contributed by atoms with van der Waals surface area (Å²) in [4.78, 5) is 23.2. The predicted molar refractivity (Wildman–Crippen MR) is 94.8 cm³/mol. The molecule has 4 N–H and O–H groups in total. The van der Waals surface area contributed by atoms with Crippen LogP contribution in [0.25, 0.3) is 0 Å². The van der Waals surface area contributed by atoms with Crippen LogP contribution in [0.15, 0.2) is 18.2 Å². The summed E-state index contributed by atoms with van der Waals surface area (Å²) in [7, 11) is 3.23. The monoisotopic (exact) mass is 378 g/mol. The first-order chi connectivity index (χ1) is 13.2. The van der Waals surface area contributed by atoms with Crippen LogP contribution in [0.2, 0.25) is 0 Å². The van der Waals surface area contributed by atoms with Gasteiger partial charge in [0.25, 0.3) is 5.91 Å². The molecule has 0 bridgehead atoms. The van der Waals surface area contributed by atoms with E-state index in [2.05, 4.69) is 39.8 Å². The molecule has 27 heavy (non-hydrogen) atoms. The minimum Gasteiger partial charge on any atom is -0.380 e. The van der Waals surface area contributed by atoms with Gasteiger partial charge in [-0.05, 0) is 29.5 Å². The van der Waals surface area contributed by atoms with Crippen molar-refractivity contribution < 1.29 is 23.9 Å². The molecule has 1 amide bonds. The van der Waals surface area contributed by atoms with Gasteiger partial charge in [0.05, 0.1) is 12.6 Å². The van der Waals surface area contributed by atoms with Gasteiger partial charge >= 0.3 is 0 Å². The number of hydrogen-bond donors (Lipinski definition) is 4. The molecule has 4 unspecified atom stereocenters. The average molecular weight is 378 g/mol. The summed E-state index contributed by atoms with van der Waals surface area (Å²) in [5, 5.41) is 6.43. The molecule has 148 valence electrons. The maximum atomic E-state index is 12.5. The van der Waals surface area contributed by atoms with Gasteiger partial charge in [0, 0.05) is 20.6 Å². The fraction of sp³-hybridized carbons (Fsp3) is 0.611. The number of hydroxylamine groups is 2. The van der Waals surface area contributed by atoms with E-state index >= 15 is 0 Å². The summed E-state index contributed by atoms with van der Waals surface area (Å²) in [6.45, 7) is 0.477. The Bertz CT molecular complexity index is 688. The zero-order valence-corrected chi connectivity index (χ0v) is 15.5. The molecule has 0 radical (unpaired) electrons. The molecule has 2 aliphatic heterocycles. The quantitative estimate of drug-likeness (QED) is 0.555. The highest BCUT2D eigenvalue weighted by atomic mass is 16.7. The molecule has 5 atom stereocenters. The van der Waals surface area contributed by atoms with Crippen molar-refractivity contribution in [2.24, 2.45) is 0 Å². The number of nitrogens with one attached hydrogen (secondary N) is 4. The van der Waals surface area contributed by atoms with Crippen molar-refractivity contribution in [3.05, 3.63) is 34.9 Å². The van der Waals surface area contributed by atoms with Crippen molar-refractivity contribution in [2.75, 3.05) is 20.8 Å². The van der Waals surface area contributed by atoms with Crippen LogP contribution in [-0.2, 0) is 30.4 Å². The third kappa shape index (κ3) is 3.99. The summed E-state index contributed by atoms with van der Waals surface area (Å²) in [6, 6.07) is 6.32. The summed E-state index contributed by atoms with van der Waals surface area (Å²) in [5.41, 5.74) is 9.22. The molecule has 3 aliphatic rings. The Balaban J connectivity index is 1.38. The zero-order chi connectivity index (χ0) is 18.8. The normalized spacial score (nSPS) is 32.6. The second kappa shape index (κ2) is 8.19. The van der Waals surface area contributed by atoms with Crippen molar-refractivity contribution in [1.82, 2.24) is 21.6 Å². The van der Waals surface area contributed by atoms with Crippen LogP contribution in [0.4, 0.5) is 0 Å². The fourth-order valence-corrected chi connectivity index (χ4v) is 3.79. The smallest absolute Gasteiger partial charge is 0.251 e. The highest BCUT2D eigenvalue weighted by molar-refractivity contribution is 5.81. The standard InChI is InChI=1S/C18H26N4O5/c1-24-9-16-20-17(22-27-16)11-3-5-12-10(7-11)4-6-13(12)19-18(23)14-8-15(25-2)21-26-14/h3,5,7,13-17,20-22H,4,6,8-9H2,1-2H3,(H,19,23)/t13-,14?,15?,16?,17?/m1/s1.